The quantitative estimate of drug-likeness (QED) is 0.799. The van der Waals surface area contributed by atoms with E-state index in [2.05, 4.69) is 15.7 Å². The average Bonchev–Trinajstić information content (AvgIpc) is 3.19. The SMILES string of the molecule is COc1ccc(C(=O)NC2Cc3cc(C(=O)NC(C)C)nn3C2)c(OC)c1. The number of carbonyl (C=O) groups is 2. The van der Waals surface area contributed by atoms with Crippen LogP contribution in [0.3, 0.4) is 0 Å². The number of methoxy groups -OCH3 is 2. The second kappa shape index (κ2) is 7.69. The molecule has 2 amide bonds. The molecule has 0 saturated heterocycles. The summed E-state index contributed by atoms with van der Waals surface area (Å²) >= 11 is 0. The van der Waals surface area contributed by atoms with E-state index in [1.54, 1.807) is 36.1 Å². The Labute approximate surface area is 157 Å². The van der Waals surface area contributed by atoms with Gasteiger partial charge in [0.2, 0.25) is 0 Å². The monoisotopic (exact) mass is 372 g/mol. The minimum absolute atomic E-state index is 0.0561. The summed E-state index contributed by atoms with van der Waals surface area (Å²) in [6.45, 7) is 4.33. The second-order valence-electron chi connectivity index (χ2n) is 6.77. The van der Waals surface area contributed by atoms with Crippen molar-refractivity contribution in [1.29, 1.82) is 0 Å². The number of rotatable bonds is 6. The number of fused-ring (bicyclic) bond motifs is 1. The van der Waals surface area contributed by atoms with Crippen molar-refractivity contribution in [3.05, 3.63) is 41.2 Å². The molecule has 0 radical (unpaired) electrons. The third-order valence-corrected chi connectivity index (χ3v) is 4.35. The molecular formula is C19H24N4O4. The van der Waals surface area contributed by atoms with Crippen LogP contribution in [0.2, 0.25) is 0 Å². The van der Waals surface area contributed by atoms with Crippen molar-refractivity contribution >= 4 is 11.8 Å². The van der Waals surface area contributed by atoms with E-state index in [0.29, 0.717) is 35.7 Å². The Morgan fingerprint density at radius 1 is 1.19 bits per heavy atom. The Kier molecular flexibility index (Phi) is 5.34. The van der Waals surface area contributed by atoms with E-state index >= 15 is 0 Å². The molecule has 1 atom stereocenters. The third kappa shape index (κ3) is 4.05. The lowest BCUT2D eigenvalue weighted by atomic mass is 10.1. The molecule has 0 fully saturated rings. The summed E-state index contributed by atoms with van der Waals surface area (Å²) in [5.74, 6) is 0.672. The highest BCUT2D eigenvalue weighted by atomic mass is 16.5. The molecule has 0 aliphatic carbocycles. The van der Waals surface area contributed by atoms with Crippen LogP contribution in [-0.2, 0) is 13.0 Å². The molecule has 2 aromatic rings. The molecule has 2 heterocycles. The third-order valence-electron chi connectivity index (χ3n) is 4.35. The van der Waals surface area contributed by atoms with Gasteiger partial charge in [-0.15, -0.1) is 0 Å². The lowest BCUT2D eigenvalue weighted by Gasteiger charge is -2.14. The van der Waals surface area contributed by atoms with E-state index in [1.807, 2.05) is 13.8 Å². The number of ether oxygens (including phenoxy) is 2. The fourth-order valence-corrected chi connectivity index (χ4v) is 3.10. The van der Waals surface area contributed by atoms with Crippen LogP contribution in [0.15, 0.2) is 24.3 Å². The minimum atomic E-state index is -0.219. The van der Waals surface area contributed by atoms with Crippen LogP contribution in [0.1, 0.15) is 40.4 Å². The van der Waals surface area contributed by atoms with Gasteiger partial charge in [0.1, 0.15) is 17.2 Å². The van der Waals surface area contributed by atoms with Crippen LogP contribution < -0.4 is 20.1 Å². The van der Waals surface area contributed by atoms with Crippen molar-refractivity contribution in [3.63, 3.8) is 0 Å². The van der Waals surface area contributed by atoms with Gasteiger partial charge in [-0.3, -0.25) is 14.3 Å². The first-order valence-electron chi connectivity index (χ1n) is 8.81. The number of hydrogen-bond donors (Lipinski definition) is 2. The fourth-order valence-electron chi connectivity index (χ4n) is 3.10. The average molecular weight is 372 g/mol. The predicted octanol–water partition coefficient (Wildman–Crippen LogP) is 1.39. The molecule has 144 valence electrons. The van der Waals surface area contributed by atoms with E-state index in [-0.39, 0.29) is 23.9 Å². The Bertz CT molecular complexity index is 836. The van der Waals surface area contributed by atoms with Crippen molar-refractivity contribution in [1.82, 2.24) is 20.4 Å². The molecule has 0 saturated carbocycles. The van der Waals surface area contributed by atoms with Crippen molar-refractivity contribution in [2.45, 2.75) is 38.9 Å². The van der Waals surface area contributed by atoms with Gasteiger partial charge in [-0.05, 0) is 32.0 Å². The normalized spacial score (nSPS) is 15.4. The number of carbonyl (C=O) groups excluding carboxylic acids is 2. The lowest BCUT2D eigenvalue weighted by molar-refractivity contribution is 0.0922. The van der Waals surface area contributed by atoms with Crippen molar-refractivity contribution in [3.8, 4) is 11.5 Å². The van der Waals surface area contributed by atoms with E-state index in [9.17, 15) is 9.59 Å². The van der Waals surface area contributed by atoms with Crippen molar-refractivity contribution < 1.29 is 19.1 Å². The molecule has 1 aliphatic rings. The van der Waals surface area contributed by atoms with Gasteiger partial charge in [0, 0.05) is 24.2 Å². The molecule has 1 unspecified atom stereocenters. The van der Waals surface area contributed by atoms with Crippen molar-refractivity contribution in [2.24, 2.45) is 0 Å². The molecule has 0 spiro atoms. The zero-order chi connectivity index (χ0) is 19.6. The number of hydrogen-bond acceptors (Lipinski definition) is 5. The maximum atomic E-state index is 12.6. The van der Waals surface area contributed by atoms with Gasteiger partial charge in [0.25, 0.3) is 11.8 Å². The smallest absolute Gasteiger partial charge is 0.271 e. The molecule has 1 aromatic heterocycles. The fraction of sp³-hybridized carbons (Fsp3) is 0.421. The largest absolute Gasteiger partial charge is 0.497 e. The molecule has 3 rings (SSSR count). The van der Waals surface area contributed by atoms with Gasteiger partial charge < -0.3 is 20.1 Å². The van der Waals surface area contributed by atoms with Gasteiger partial charge in [0.15, 0.2) is 0 Å². The van der Waals surface area contributed by atoms with Gasteiger partial charge in [-0.25, -0.2) is 0 Å². The number of nitrogens with one attached hydrogen (secondary N) is 2. The number of amides is 2. The summed E-state index contributed by atoms with van der Waals surface area (Å²) in [4.78, 5) is 24.7. The molecule has 1 aliphatic heterocycles. The van der Waals surface area contributed by atoms with Crippen LogP contribution in [0.5, 0.6) is 11.5 Å². The van der Waals surface area contributed by atoms with E-state index in [0.717, 1.165) is 5.69 Å². The number of benzene rings is 1. The van der Waals surface area contributed by atoms with E-state index < -0.39 is 0 Å². The van der Waals surface area contributed by atoms with Crippen LogP contribution in [-0.4, -0.2) is 47.9 Å². The molecular weight excluding hydrogens is 348 g/mol. The summed E-state index contributed by atoms with van der Waals surface area (Å²) in [7, 11) is 3.07. The topological polar surface area (TPSA) is 94.5 Å². The Hall–Kier alpha value is -3.03. The molecule has 8 heteroatoms. The predicted molar refractivity (Wildman–Crippen MR) is 99.3 cm³/mol. The summed E-state index contributed by atoms with van der Waals surface area (Å²) in [6, 6.07) is 6.81. The zero-order valence-electron chi connectivity index (χ0n) is 15.9. The second-order valence-corrected chi connectivity index (χ2v) is 6.77. The van der Waals surface area contributed by atoms with Gasteiger partial charge >= 0.3 is 0 Å². The van der Waals surface area contributed by atoms with Gasteiger partial charge in [-0.1, -0.05) is 0 Å². The molecule has 1 aromatic carbocycles. The first kappa shape index (κ1) is 18.8. The first-order valence-corrected chi connectivity index (χ1v) is 8.81. The highest BCUT2D eigenvalue weighted by molar-refractivity contribution is 5.97. The van der Waals surface area contributed by atoms with Gasteiger partial charge in [-0.2, -0.15) is 5.10 Å². The van der Waals surface area contributed by atoms with Gasteiger partial charge in [0.05, 0.1) is 32.4 Å². The standard InChI is InChI=1S/C19H24N4O4/c1-11(2)20-19(25)16-8-13-7-12(10-23(13)22-16)21-18(24)15-6-5-14(26-3)9-17(15)27-4/h5-6,8-9,11-12H,7,10H2,1-4H3,(H,20,25)(H,21,24). The Morgan fingerprint density at radius 3 is 2.59 bits per heavy atom. The Morgan fingerprint density at radius 2 is 1.96 bits per heavy atom. The number of aromatic nitrogens is 2. The van der Waals surface area contributed by atoms with Crippen molar-refractivity contribution in [2.75, 3.05) is 14.2 Å². The summed E-state index contributed by atoms with van der Waals surface area (Å²) in [6.07, 6.45) is 0.617. The summed E-state index contributed by atoms with van der Waals surface area (Å²) < 4.78 is 12.2. The van der Waals surface area contributed by atoms with E-state index in [4.69, 9.17) is 9.47 Å². The maximum absolute atomic E-state index is 12.6. The Balaban J connectivity index is 1.65. The van der Waals surface area contributed by atoms with Crippen LogP contribution >= 0.6 is 0 Å². The molecule has 2 N–H and O–H groups in total. The highest BCUT2D eigenvalue weighted by Gasteiger charge is 2.27. The minimum Gasteiger partial charge on any atom is -0.497 e. The van der Waals surface area contributed by atoms with Crippen LogP contribution in [0.4, 0.5) is 0 Å². The van der Waals surface area contributed by atoms with Crippen LogP contribution in [0.25, 0.3) is 0 Å². The molecule has 8 nitrogen and oxygen atoms in total. The molecule has 0 bridgehead atoms. The molecule has 27 heavy (non-hydrogen) atoms. The van der Waals surface area contributed by atoms with Crippen LogP contribution in [0, 0.1) is 0 Å². The summed E-state index contributed by atoms with van der Waals surface area (Å²) in [5.41, 5.74) is 1.77. The first-order chi connectivity index (χ1) is 12.9. The number of nitrogens with zero attached hydrogens (tertiary/aromatic N) is 2. The maximum Gasteiger partial charge on any atom is 0.271 e. The highest BCUT2D eigenvalue weighted by Crippen LogP contribution is 2.25. The van der Waals surface area contributed by atoms with E-state index in [1.165, 1.54) is 7.11 Å². The zero-order valence-corrected chi connectivity index (χ0v) is 15.9. The summed E-state index contributed by atoms with van der Waals surface area (Å²) in [5, 5.41) is 10.2. The lowest BCUT2D eigenvalue weighted by Crippen LogP contribution is -2.36.